The van der Waals surface area contributed by atoms with Crippen LogP contribution in [0.3, 0.4) is 0 Å². The van der Waals surface area contributed by atoms with Gasteiger partial charge in [0.05, 0.1) is 20.0 Å². The molecule has 0 saturated heterocycles. The monoisotopic (exact) mass is 898 g/mol. The molecule has 6 aromatic rings. The molecule has 2 N–H and O–H groups in total. The van der Waals surface area contributed by atoms with Gasteiger partial charge in [0.1, 0.15) is 35.3 Å². The molecule has 2 unspecified atom stereocenters. The van der Waals surface area contributed by atoms with Gasteiger partial charge < -0.3 is 24.8 Å². The van der Waals surface area contributed by atoms with E-state index in [4.69, 9.17) is 14.2 Å². The number of benzene rings is 6. The molecule has 10 heteroatoms. The molecule has 6 aromatic carbocycles. The van der Waals surface area contributed by atoms with Crippen LogP contribution >= 0.6 is 0 Å². The third kappa shape index (κ3) is 11.7. The molecule has 2 saturated carbocycles. The summed E-state index contributed by atoms with van der Waals surface area (Å²) in [5.74, 6) is 1.72. The molecule has 2 fully saturated rings. The number of hydrogen-bond donors (Lipinski definition) is 1. The molecule has 2 aliphatic carbocycles. The van der Waals surface area contributed by atoms with E-state index in [0.29, 0.717) is 29.4 Å². The number of carbonyl (C=O) groups excluding carboxylic acids is 1. The Labute approximate surface area is 404 Å². The van der Waals surface area contributed by atoms with Crippen molar-refractivity contribution in [2.75, 3.05) is 7.11 Å². The Morgan fingerprint density at radius 2 is 1.01 bits per heavy atom. The topological polar surface area (TPSA) is 112 Å². The van der Waals surface area contributed by atoms with Crippen LogP contribution in [0.25, 0.3) is 22.3 Å². The van der Waals surface area contributed by atoms with E-state index in [1.165, 1.54) is 30.4 Å². The van der Waals surface area contributed by atoms with Gasteiger partial charge in [0.25, 0.3) is 0 Å². The summed E-state index contributed by atoms with van der Waals surface area (Å²) in [5.41, 5.74) is 11.8. The van der Waals surface area contributed by atoms with E-state index in [2.05, 4.69) is 36.4 Å². The van der Waals surface area contributed by atoms with E-state index in [-0.39, 0.29) is 72.4 Å². The summed E-state index contributed by atoms with van der Waals surface area (Å²) in [4.78, 5) is 23.3. The summed E-state index contributed by atoms with van der Waals surface area (Å²) in [6.07, 6.45) is 8.66. The quantitative estimate of drug-likeness (QED) is 0.0962. The van der Waals surface area contributed by atoms with Gasteiger partial charge in [-0.3, -0.25) is 9.59 Å². The second-order valence-electron chi connectivity index (χ2n) is 18.5. The van der Waals surface area contributed by atoms with E-state index < -0.39 is 5.97 Å². The minimum atomic E-state index is -0.747. The molecule has 0 bridgehead atoms. The maximum atomic E-state index is 14.3. The van der Waals surface area contributed by atoms with Gasteiger partial charge in [-0.25, -0.2) is 8.78 Å². The summed E-state index contributed by atoms with van der Waals surface area (Å²) >= 11 is 0. The van der Waals surface area contributed by atoms with Gasteiger partial charge in [-0.2, -0.15) is 0 Å². The van der Waals surface area contributed by atoms with Crippen LogP contribution < -0.4 is 28.3 Å². The third-order valence-corrected chi connectivity index (χ3v) is 13.8. The van der Waals surface area contributed by atoms with Crippen molar-refractivity contribution in [2.24, 2.45) is 11.8 Å². The van der Waals surface area contributed by atoms with Crippen LogP contribution in [-0.2, 0) is 27.2 Å². The number of carboxylic acid groups (broad SMARTS) is 1. The van der Waals surface area contributed by atoms with Gasteiger partial charge in [-0.15, -0.1) is 0 Å². The Morgan fingerprint density at radius 3 is 1.40 bits per heavy atom. The van der Waals surface area contributed by atoms with Crippen molar-refractivity contribution in [3.8, 4) is 33.8 Å². The van der Waals surface area contributed by atoms with Crippen LogP contribution in [0.1, 0.15) is 120 Å². The maximum absolute atomic E-state index is 14.3. The molecule has 10 rings (SSSR count). The average molecular weight is 899 g/mol. The normalized spacial score (nSPS) is 17.8. The molecule has 0 aromatic heterocycles. The molecule has 0 radical (unpaired) electrons. The SMILES string of the molecule is COC(=O)C[C@H](c1ccc2c(c1)OC(c1ccc(-c3cc(C)ccc3F)cc1)CC2)C1CC1.Cc1ccc(F)c(-c2ccc(C3CCc4ccc([C@@H](CC(=O)O)C5CC5)cc4O3)cc2)c1.[Li+].[OH-]. The number of halogens is 2. The minimum Gasteiger partial charge on any atom is -0.870 e. The largest absolute Gasteiger partial charge is 1.00 e. The Balaban J connectivity index is 0.000000193. The van der Waals surface area contributed by atoms with Crippen LogP contribution in [0, 0.1) is 37.3 Å². The van der Waals surface area contributed by atoms with Gasteiger partial charge in [0, 0.05) is 11.1 Å². The summed E-state index contributed by atoms with van der Waals surface area (Å²) in [5, 5.41) is 9.33. The number of carboxylic acids is 1. The van der Waals surface area contributed by atoms with Crippen LogP contribution in [0.2, 0.25) is 0 Å². The van der Waals surface area contributed by atoms with Crippen molar-refractivity contribution >= 4 is 11.9 Å². The summed E-state index contributed by atoms with van der Waals surface area (Å²) < 4.78 is 46.3. The smallest absolute Gasteiger partial charge is 0.870 e. The Morgan fingerprint density at radius 1 is 0.597 bits per heavy atom. The fourth-order valence-electron chi connectivity index (χ4n) is 9.74. The molecule has 0 spiro atoms. The summed E-state index contributed by atoms with van der Waals surface area (Å²) in [7, 11) is 1.45. The van der Waals surface area contributed by atoms with Crippen LogP contribution in [0.5, 0.6) is 11.5 Å². The van der Waals surface area contributed by atoms with Crippen LogP contribution in [-0.4, -0.2) is 29.6 Å². The first-order chi connectivity index (χ1) is 31.5. The fourth-order valence-corrected chi connectivity index (χ4v) is 9.74. The predicted molar refractivity (Wildman–Crippen MR) is 251 cm³/mol. The van der Waals surface area contributed by atoms with Crippen molar-refractivity contribution in [1.29, 1.82) is 0 Å². The Hall–Kier alpha value is -5.72. The van der Waals surface area contributed by atoms with Gasteiger partial charge in [0.15, 0.2) is 0 Å². The van der Waals surface area contributed by atoms with Gasteiger partial charge in [-0.1, -0.05) is 96.1 Å². The van der Waals surface area contributed by atoms with Gasteiger partial charge >= 0.3 is 30.8 Å². The second kappa shape index (κ2) is 21.5. The van der Waals surface area contributed by atoms with Gasteiger partial charge in [-0.05, 0) is 170 Å². The molecule has 342 valence electrons. The minimum absolute atomic E-state index is 0. The van der Waals surface area contributed by atoms with Crippen molar-refractivity contribution in [1.82, 2.24) is 0 Å². The first-order valence-electron chi connectivity index (χ1n) is 23.1. The van der Waals surface area contributed by atoms with Crippen LogP contribution in [0.15, 0.2) is 121 Å². The van der Waals surface area contributed by atoms with Crippen LogP contribution in [0.4, 0.5) is 8.78 Å². The summed E-state index contributed by atoms with van der Waals surface area (Å²) in [6, 6.07) is 39.0. The zero-order chi connectivity index (χ0) is 45.2. The summed E-state index contributed by atoms with van der Waals surface area (Å²) in [6.45, 7) is 3.93. The number of rotatable bonds is 12. The van der Waals surface area contributed by atoms with Crippen molar-refractivity contribution < 1.29 is 62.0 Å². The Kier molecular flexibility index (Phi) is 15.8. The molecule has 4 aliphatic rings. The van der Waals surface area contributed by atoms with E-state index >= 15 is 0 Å². The first kappa shape index (κ1) is 49.2. The first-order valence-corrected chi connectivity index (χ1v) is 23.1. The number of aryl methyl sites for hydroxylation is 4. The van der Waals surface area contributed by atoms with E-state index in [1.54, 1.807) is 12.1 Å². The standard InChI is InChI=1S/C29H29FO3.C28H27FO3.Li.H2O/c1-18-3-13-26(30)25(15-18)20-6-8-21(9-7-20)27-14-12-22-10-11-23(16-28(22)33-27)24(19-4-5-19)17-29(31)32-2;1-17-2-12-25(29)24(14-17)19-5-7-20(8-6-19)26-13-11-21-9-10-22(15-27(21)32-26)23(16-28(30)31)18-3-4-18;;/h3,6-11,13,15-16,19,24,27H,4-5,12,14,17H2,1-2H3;2,5-10,12,14-15,18,23,26H,3-4,11,13,16H2,1H3,(H,30,31);;1H2/q;;+1;/p-1/t24-,27?;23-,26?;;/m00../s1. The zero-order valence-corrected chi connectivity index (χ0v) is 38.8. The second-order valence-corrected chi connectivity index (χ2v) is 18.5. The molecule has 7 nitrogen and oxygen atoms in total. The maximum Gasteiger partial charge on any atom is 1.00 e. The Bertz CT molecular complexity index is 2690. The fraction of sp³-hybridized carbons (Fsp3) is 0.333. The van der Waals surface area contributed by atoms with E-state index in [9.17, 15) is 23.5 Å². The number of fused-ring (bicyclic) bond motifs is 2. The van der Waals surface area contributed by atoms with Gasteiger partial charge in [0.2, 0.25) is 0 Å². The molecular weight excluding hydrogens is 842 g/mol. The number of carbonyl (C=O) groups is 2. The van der Waals surface area contributed by atoms with E-state index in [0.717, 1.165) is 107 Å². The number of methoxy groups -OCH3 is 1. The number of hydrogen-bond acceptors (Lipinski definition) is 6. The van der Waals surface area contributed by atoms with Crippen molar-refractivity contribution in [3.05, 3.63) is 177 Å². The number of aliphatic carboxylic acids is 1. The molecule has 4 atom stereocenters. The average Bonchev–Trinajstić information content (AvgIpc) is 4.27. The number of ether oxygens (including phenoxy) is 3. The van der Waals surface area contributed by atoms with E-state index in [1.807, 2.05) is 74.5 Å². The zero-order valence-electron chi connectivity index (χ0n) is 38.8. The number of esters is 1. The molecular formula is C57H57F2LiO7. The predicted octanol–water partition coefficient (Wildman–Crippen LogP) is 10.6. The molecule has 2 aliphatic heterocycles. The van der Waals surface area contributed by atoms with Crippen molar-refractivity contribution in [2.45, 2.75) is 102 Å². The molecule has 2 heterocycles. The third-order valence-electron chi connectivity index (χ3n) is 13.8. The molecule has 67 heavy (non-hydrogen) atoms. The molecule has 0 amide bonds. The van der Waals surface area contributed by atoms with Crippen molar-refractivity contribution in [3.63, 3.8) is 0 Å².